The van der Waals surface area contributed by atoms with Crippen LogP contribution in [0, 0.1) is 0 Å². The van der Waals surface area contributed by atoms with Gasteiger partial charge in [-0.05, 0) is 41.7 Å². The lowest BCUT2D eigenvalue weighted by atomic mass is 10.0. The van der Waals surface area contributed by atoms with Crippen molar-refractivity contribution in [3.8, 4) is 0 Å². The summed E-state index contributed by atoms with van der Waals surface area (Å²) in [5.74, 6) is -1.14. The molecule has 0 saturated heterocycles. The summed E-state index contributed by atoms with van der Waals surface area (Å²) in [6.07, 6.45) is 9.12. The van der Waals surface area contributed by atoms with Gasteiger partial charge >= 0.3 is 0 Å². The van der Waals surface area contributed by atoms with Gasteiger partial charge in [0.2, 0.25) is 0 Å². The average molecular weight is 324 g/mol. The van der Waals surface area contributed by atoms with E-state index in [2.05, 4.69) is 39.5 Å². The molecule has 0 aromatic heterocycles. The van der Waals surface area contributed by atoms with Gasteiger partial charge in [0.1, 0.15) is 5.83 Å². The standard InChI is InChI=1S/C22H25FO/c1-9-15(2)10-11-16(3)17(4)12-13-18(5)19(6)14-22(23)20(7)21(8)24/h10-14H,2-7,9H2,1,8H3/b11-10-,13-12-,22-14+. The van der Waals surface area contributed by atoms with Crippen LogP contribution in [-0.4, -0.2) is 5.78 Å². The summed E-state index contributed by atoms with van der Waals surface area (Å²) in [6.45, 7) is 25.9. The molecule has 0 aliphatic rings. The van der Waals surface area contributed by atoms with Crippen molar-refractivity contribution in [2.75, 3.05) is 0 Å². The van der Waals surface area contributed by atoms with E-state index in [0.29, 0.717) is 16.7 Å². The molecule has 0 unspecified atom stereocenters. The third-order valence-electron chi connectivity index (χ3n) is 3.30. The van der Waals surface area contributed by atoms with Gasteiger partial charge in [-0.3, -0.25) is 4.79 Å². The van der Waals surface area contributed by atoms with Gasteiger partial charge < -0.3 is 0 Å². The topological polar surface area (TPSA) is 17.1 Å². The highest BCUT2D eigenvalue weighted by atomic mass is 19.1. The van der Waals surface area contributed by atoms with E-state index >= 15 is 0 Å². The first-order chi connectivity index (χ1) is 11.1. The lowest BCUT2D eigenvalue weighted by Gasteiger charge is -2.03. The number of rotatable bonds is 10. The lowest BCUT2D eigenvalue weighted by molar-refractivity contribution is -0.113. The number of halogens is 1. The number of carbonyl (C=O) groups excluding carboxylic acids is 1. The summed E-state index contributed by atoms with van der Waals surface area (Å²) in [5.41, 5.74) is 3.09. The van der Waals surface area contributed by atoms with Crippen molar-refractivity contribution in [1.29, 1.82) is 0 Å². The van der Waals surface area contributed by atoms with Gasteiger partial charge in [0.25, 0.3) is 0 Å². The van der Waals surface area contributed by atoms with E-state index in [1.54, 1.807) is 12.2 Å². The van der Waals surface area contributed by atoms with E-state index in [9.17, 15) is 9.18 Å². The Morgan fingerprint density at radius 2 is 1.25 bits per heavy atom. The van der Waals surface area contributed by atoms with Gasteiger partial charge in [0, 0.05) is 5.57 Å². The fourth-order valence-electron chi connectivity index (χ4n) is 1.36. The number of carbonyl (C=O) groups is 1. The maximum absolute atomic E-state index is 13.8. The van der Waals surface area contributed by atoms with Crippen LogP contribution in [-0.2, 0) is 4.79 Å². The Bertz CT molecular complexity index is 693. The zero-order valence-electron chi connectivity index (χ0n) is 14.6. The minimum absolute atomic E-state index is 0.188. The maximum atomic E-state index is 13.8. The van der Waals surface area contributed by atoms with Crippen LogP contribution < -0.4 is 0 Å². The largest absolute Gasteiger partial charge is 0.294 e. The minimum atomic E-state index is -0.716. The normalized spacial score (nSPS) is 11.5. The quantitative estimate of drug-likeness (QED) is 0.341. The molecule has 0 aliphatic heterocycles. The fraction of sp³-hybridized carbons (Fsp3) is 0.136. The molecule has 126 valence electrons. The molecule has 0 aromatic carbocycles. The number of Topliss-reactive ketones (excluding diaryl/α,β-unsaturated/α-hetero) is 1. The molecule has 0 fully saturated rings. The van der Waals surface area contributed by atoms with E-state index in [4.69, 9.17) is 0 Å². The Morgan fingerprint density at radius 3 is 1.67 bits per heavy atom. The van der Waals surface area contributed by atoms with E-state index in [-0.39, 0.29) is 5.57 Å². The number of allylic oxidation sites excluding steroid dienone is 12. The predicted molar refractivity (Wildman–Crippen MR) is 103 cm³/mol. The molecule has 2 heteroatoms. The molecular weight excluding hydrogens is 299 g/mol. The molecule has 0 radical (unpaired) electrons. The second kappa shape index (κ2) is 10.1. The first-order valence-corrected chi connectivity index (χ1v) is 7.47. The predicted octanol–water partition coefficient (Wildman–Crippen LogP) is 6.29. The van der Waals surface area contributed by atoms with E-state index < -0.39 is 11.6 Å². The van der Waals surface area contributed by atoms with Crippen molar-refractivity contribution in [2.45, 2.75) is 20.3 Å². The molecule has 0 atom stereocenters. The Morgan fingerprint density at radius 1 is 0.833 bits per heavy atom. The molecule has 0 amide bonds. The average Bonchev–Trinajstić information content (AvgIpc) is 2.55. The molecule has 0 aliphatic carbocycles. The smallest absolute Gasteiger partial charge is 0.162 e. The van der Waals surface area contributed by atoms with Gasteiger partial charge in [-0.15, -0.1) is 0 Å². The van der Waals surface area contributed by atoms with Crippen LogP contribution in [0.5, 0.6) is 0 Å². The molecule has 1 nitrogen and oxygen atoms in total. The van der Waals surface area contributed by atoms with Crippen molar-refractivity contribution >= 4 is 5.78 Å². The molecule has 0 heterocycles. The van der Waals surface area contributed by atoms with Gasteiger partial charge in [-0.2, -0.15) is 0 Å². The minimum Gasteiger partial charge on any atom is -0.294 e. The lowest BCUT2D eigenvalue weighted by Crippen LogP contribution is -1.95. The third kappa shape index (κ3) is 7.50. The highest BCUT2D eigenvalue weighted by Crippen LogP contribution is 2.18. The number of ketones is 1. The zero-order chi connectivity index (χ0) is 18.9. The van der Waals surface area contributed by atoms with Gasteiger partial charge in [0.05, 0.1) is 0 Å². The summed E-state index contributed by atoms with van der Waals surface area (Å²) in [6, 6.07) is 0. The summed E-state index contributed by atoms with van der Waals surface area (Å²) >= 11 is 0. The zero-order valence-corrected chi connectivity index (χ0v) is 14.6. The second-order valence-corrected chi connectivity index (χ2v) is 5.31. The van der Waals surface area contributed by atoms with E-state index in [1.165, 1.54) is 6.92 Å². The Hall–Kier alpha value is -2.74. The Balaban J connectivity index is 4.89. The van der Waals surface area contributed by atoms with Crippen molar-refractivity contribution in [3.05, 3.63) is 109 Å². The Kier molecular flexibility index (Phi) is 8.96. The number of hydrogen-bond acceptors (Lipinski definition) is 1. The van der Waals surface area contributed by atoms with Crippen molar-refractivity contribution in [1.82, 2.24) is 0 Å². The molecular formula is C22H25FO. The highest BCUT2D eigenvalue weighted by Gasteiger charge is 2.07. The summed E-state index contributed by atoms with van der Waals surface area (Å²) in [4.78, 5) is 11.1. The molecule has 0 saturated carbocycles. The van der Waals surface area contributed by atoms with Crippen LogP contribution in [0.3, 0.4) is 0 Å². The molecule has 0 N–H and O–H groups in total. The monoisotopic (exact) mass is 324 g/mol. The van der Waals surface area contributed by atoms with Crippen LogP contribution >= 0.6 is 0 Å². The van der Waals surface area contributed by atoms with Crippen LogP contribution in [0.15, 0.2) is 109 Å². The molecule has 0 spiro atoms. The number of hydrogen-bond donors (Lipinski definition) is 0. The first-order valence-electron chi connectivity index (χ1n) is 7.47. The Labute approximate surface area is 145 Å². The van der Waals surface area contributed by atoms with Gasteiger partial charge in [-0.1, -0.05) is 76.3 Å². The van der Waals surface area contributed by atoms with E-state index in [0.717, 1.165) is 23.6 Å². The van der Waals surface area contributed by atoms with Crippen LogP contribution in [0.2, 0.25) is 0 Å². The fourth-order valence-corrected chi connectivity index (χ4v) is 1.36. The first kappa shape index (κ1) is 21.3. The maximum Gasteiger partial charge on any atom is 0.162 e. The molecule has 0 aromatic rings. The van der Waals surface area contributed by atoms with Gasteiger partial charge in [-0.25, -0.2) is 4.39 Å². The molecule has 0 bridgehead atoms. The van der Waals surface area contributed by atoms with Crippen LogP contribution in [0.4, 0.5) is 4.39 Å². The molecule has 24 heavy (non-hydrogen) atoms. The highest BCUT2D eigenvalue weighted by molar-refractivity contribution is 5.96. The molecule has 0 rings (SSSR count). The summed E-state index contributed by atoms with van der Waals surface area (Å²) in [5, 5.41) is 0. The van der Waals surface area contributed by atoms with Crippen molar-refractivity contribution in [2.24, 2.45) is 0 Å². The van der Waals surface area contributed by atoms with Crippen molar-refractivity contribution in [3.63, 3.8) is 0 Å². The second-order valence-electron chi connectivity index (χ2n) is 5.31. The third-order valence-corrected chi connectivity index (χ3v) is 3.30. The van der Waals surface area contributed by atoms with E-state index in [1.807, 2.05) is 19.1 Å². The van der Waals surface area contributed by atoms with Crippen molar-refractivity contribution < 1.29 is 9.18 Å². The SMILES string of the molecule is C=C(/C=C\C(=C)C(=C)/C=C\C(=C)C(=C)/C=C(/F)C(=C)C(C)=O)CC. The summed E-state index contributed by atoms with van der Waals surface area (Å²) in [7, 11) is 0. The summed E-state index contributed by atoms with van der Waals surface area (Å²) < 4.78 is 13.8. The van der Waals surface area contributed by atoms with Gasteiger partial charge in [0.15, 0.2) is 5.78 Å². The van der Waals surface area contributed by atoms with Crippen LogP contribution in [0.1, 0.15) is 20.3 Å². The van der Waals surface area contributed by atoms with Crippen LogP contribution in [0.25, 0.3) is 0 Å².